The number of methoxy groups -OCH3 is 1. The Labute approximate surface area is 139 Å². The Balaban J connectivity index is 1.70. The fraction of sp³-hybridized carbons (Fsp3) is 0.588. The summed E-state index contributed by atoms with van der Waals surface area (Å²) < 4.78 is 40.5. The van der Waals surface area contributed by atoms with Crippen molar-refractivity contribution in [3.05, 3.63) is 23.8 Å². The zero-order valence-corrected chi connectivity index (χ0v) is 13.5. The number of alkyl halides is 2. The minimum absolute atomic E-state index is 0.127. The third-order valence-corrected chi connectivity index (χ3v) is 4.33. The smallest absolute Gasteiger partial charge is 0.387 e. The highest BCUT2D eigenvalue weighted by atomic mass is 19.3. The third-order valence-electron chi connectivity index (χ3n) is 4.33. The lowest BCUT2D eigenvalue weighted by molar-refractivity contribution is -0.137. The molecule has 1 unspecified atom stereocenters. The van der Waals surface area contributed by atoms with Crippen LogP contribution in [0.2, 0.25) is 0 Å². The van der Waals surface area contributed by atoms with Gasteiger partial charge in [0.15, 0.2) is 5.78 Å². The highest BCUT2D eigenvalue weighted by Crippen LogP contribution is 2.33. The second-order valence-electron chi connectivity index (χ2n) is 6.12. The predicted molar refractivity (Wildman–Crippen MR) is 82.4 cm³/mol. The predicted octanol–water partition coefficient (Wildman–Crippen LogP) is 2.48. The first-order valence-corrected chi connectivity index (χ1v) is 8.06. The number of Topliss-reactive ketones (excluding diaryl/α,β-unsaturated/α-hetero) is 1. The Morgan fingerprint density at radius 2 is 2.21 bits per heavy atom. The Hall–Kier alpha value is -1.73. The molecule has 1 aliphatic carbocycles. The van der Waals surface area contributed by atoms with Gasteiger partial charge in [-0.1, -0.05) is 0 Å². The van der Waals surface area contributed by atoms with Crippen molar-refractivity contribution in [2.24, 2.45) is 5.92 Å². The minimum Gasteiger partial charge on any atom is -0.497 e. The molecule has 1 heterocycles. The molecule has 3 rings (SSSR count). The van der Waals surface area contributed by atoms with Crippen molar-refractivity contribution >= 4 is 5.78 Å². The number of benzene rings is 1. The van der Waals surface area contributed by atoms with Gasteiger partial charge >= 0.3 is 6.61 Å². The Morgan fingerprint density at radius 1 is 1.42 bits per heavy atom. The van der Waals surface area contributed by atoms with Crippen LogP contribution in [0.25, 0.3) is 0 Å². The van der Waals surface area contributed by atoms with Gasteiger partial charge in [0.05, 0.1) is 13.7 Å². The van der Waals surface area contributed by atoms with Crippen molar-refractivity contribution in [1.82, 2.24) is 4.90 Å². The molecule has 0 amide bonds. The molecule has 1 atom stereocenters. The molecule has 1 aliphatic heterocycles. The molecule has 2 fully saturated rings. The van der Waals surface area contributed by atoms with Crippen molar-refractivity contribution in [1.29, 1.82) is 0 Å². The van der Waals surface area contributed by atoms with E-state index < -0.39 is 12.7 Å². The largest absolute Gasteiger partial charge is 0.497 e. The first kappa shape index (κ1) is 17.1. The lowest BCUT2D eigenvalue weighted by atomic mass is 10.1. The quantitative estimate of drug-likeness (QED) is 0.763. The van der Waals surface area contributed by atoms with Crippen LogP contribution in [0.5, 0.6) is 11.5 Å². The van der Waals surface area contributed by atoms with Gasteiger partial charge in [0, 0.05) is 31.1 Å². The number of rotatable bonds is 7. The molecule has 0 radical (unpaired) electrons. The number of ketones is 1. The van der Waals surface area contributed by atoms with Crippen LogP contribution in [0, 0.1) is 5.92 Å². The third kappa shape index (κ3) is 4.21. The van der Waals surface area contributed by atoms with Crippen molar-refractivity contribution < 1.29 is 27.8 Å². The number of halogens is 2. The summed E-state index contributed by atoms with van der Waals surface area (Å²) in [7, 11) is 1.52. The average Bonchev–Trinajstić information content (AvgIpc) is 3.40. The summed E-state index contributed by atoms with van der Waals surface area (Å²) >= 11 is 0. The van der Waals surface area contributed by atoms with Crippen LogP contribution in [0.3, 0.4) is 0 Å². The van der Waals surface area contributed by atoms with Crippen LogP contribution < -0.4 is 9.47 Å². The number of carbonyl (C=O) groups is 1. The fourth-order valence-electron chi connectivity index (χ4n) is 2.91. The SMILES string of the molecule is COc1ccc(OC(F)F)c(CN2CCOC(C(=O)C3CC3)C2)c1. The van der Waals surface area contributed by atoms with Crippen LogP contribution in [0.4, 0.5) is 8.78 Å². The maximum atomic E-state index is 12.6. The van der Waals surface area contributed by atoms with Crippen molar-refractivity contribution in [3.8, 4) is 11.5 Å². The van der Waals surface area contributed by atoms with Gasteiger partial charge in [0.2, 0.25) is 0 Å². The molecule has 0 bridgehead atoms. The summed E-state index contributed by atoms with van der Waals surface area (Å²) in [5.74, 6) is 1.01. The van der Waals surface area contributed by atoms with E-state index >= 15 is 0 Å². The molecule has 5 nitrogen and oxygen atoms in total. The first-order valence-electron chi connectivity index (χ1n) is 8.06. The Bertz CT molecular complexity index is 592. The van der Waals surface area contributed by atoms with Crippen LogP contribution in [0.15, 0.2) is 18.2 Å². The maximum Gasteiger partial charge on any atom is 0.387 e. The van der Waals surface area contributed by atoms with Crippen molar-refractivity contribution in [2.45, 2.75) is 32.1 Å². The van der Waals surface area contributed by atoms with E-state index in [-0.39, 0.29) is 17.5 Å². The lowest BCUT2D eigenvalue weighted by Crippen LogP contribution is -2.46. The van der Waals surface area contributed by atoms with Gasteiger partial charge in [-0.25, -0.2) is 0 Å². The Morgan fingerprint density at radius 3 is 2.88 bits per heavy atom. The van der Waals surface area contributed by atoms with Crippen LogP contribution >= 0.6 is 0 Å². The second kappa shape index (κ2) is 7.44. The average molecular weight is 341 g/mol. The minimum atomic E-state index is -2.88. The number of nitrogens with zero attached hydrogens (tertiary/aromatic N) is 1. The van der Waals surface area contributed by atoms with E-state index in [9.17, 15) is 13.6 Å². The topological polar surface area (TPSA) is 48.0 Å². The standard InChI is InChI=1S/C17H21F2NO4/c1-22-13-4-5-14(24-17(18)19)12(8-13)9-20-6-7-23-15(10-20)16(21)11-2-3-11/h4-5,8,11,15,17H,2-3,6-7,9-10H2,1H3. The van der Waals surface area contributed by atoms with Gasteiger partial charge in [0.25, 0.3) is 0 Å². The normalized spacial score (nSPS) is 21.8. The summed E-state index contributed by atoms with van der Waals surface area (Å²) in [5.41, 5.74) is 0.606. The Kier molecular flexibility index (Phi) is 5.30. The van der Waals surface area contributed by atoms with Crippen LogP contribution in [-0.2, 0) is 16.1 Å². The summed E-state index contributed by atoms with van der Waals surface area (Å²) in [6.45, 7) is -0.915. The van der Waals surface area contributed by atoms with Gasteiger partial charge in [-0.15, -0.1) is 0 Å². The van der Waals surface area contributed by atoms with E-state index in [2.05, 4.69) is 4.74 Å². The number of ether oxygens (including phenoxy) is 3. The molecule has 0 spiro atoms. The van der Waals surface area contributed by atoms with E-state index in [4.69, 9.17) is 9.47 Å². The lowest BCUT2D eigenvalue weighted by Gasteiger charge is -2.32. The molecule has 1 aromatic rings. The number of hydrogen-bond donors (Lipinski definition) is 0. The van der Waals surface area contributed by atoms with Crippen LogP contribution in [0.1, 0.15) is 18.4 Å². The molecule has 1 aromatic carbocycles. The molecule has 2 aliphatic rings. The summed E-state index contributed by atoms with van der Waals surface area (Å²) in [4.78, 5) is 14.2. The van der Waals surface area contributed by atoms with E-state index in [1.807, 2.05) is 4.90 Å². The molecule has 0 N–H and O–H groups in total. The molecular weight excluding hydrogens is 320 g/mol. The van der Waals surface area contributed by atoms with E-state index in [0.29, 0.717) is 37.6 Å². The van der Waals surface area contributed by atoms with Crippen LogP contribution in [-0.4, -0.2) is 50.2 Å². The monoisotopic (exact) mass is 341 g/mol. The maximum absolute atomic E-state index is 12.6. The molecule has 132 valence electrons. The number of morpholine rings is 1. The molecule has 1 saturated carbocycles. The van der Waals surface area contributed by atoms with Gasteiger partial charge < -0.3 is 14.2 Å². The van der Waals surface area contributed by atoms with Crippen molar-refractivity contribution in [3.63, 3.8) is 0 Å². The zero-order valence-electron chi connectivity index (χ0n) is 13.5. The van der Waals surface area contributed by atoms with E-state index in [0.717, 1.165) is 12.8 Å². The number of carbonyl (C=O) groups excluding carboxylic acids is 1. The molecule has 0 aromatic heterocycles. The highest BCUT2D eigenvalue weighted by Gasteiger charge is 2.37. The van der Waals surface area contributed by atoms with Gasteiger partial charge in [-0.3, -0.25) is 9.69 Å². The fourth-order valence-corrected chi connectivity index (χ4v) is 2.91. The molecule has 7 heteroatoms. The van der Waals surface area contributed by atoms with Crippen molar-refractivity contribution in [2.75, 3.05) is 26.8 Å². The molecular formula is C17H21F2NO4. The number of hydrogen-bond acceptors (Lipinski definition) is 5. The summed E-state index contributed by atoms with van der Waals surface area (Å²) in [5, 5.41) is 0. The first-order chi connectivity index (χ1) is 11.6. The summed E-state index contributed by atoms with van der Waals surface area (Å²) in [6.07, 6.45) is 1.47. The second-order valence-corrected chi connectivity index (χ2v) is 6.12. The summed E-state index contributed by atoms with van der Waals surface area (Å²) in [6, 6.07) is 4.75. The van der Waals surface area contributed by atoms with E-state index in [1.165, 1.54) is 13.2 Å². The molecule has 24 heavy (non-hydrogen) atoms. The highest BCUT2D eigenvalue weighted by molar-refractivity contribution is 5.87. The molecule has 1 saturated heterocycles. The van der Waals surface area contributed by atoms with Gasteiger partial charge in [0.1, 0.15) is 17.6 Å². The zero-order chi connectivity index (χ0) is 17.1. The van der Waals surface area contributed by atoms with E-state index in [1.54, 1.807) is 12.1 Å². The van der Waals surface area contributed by atoms with Gasteiger partial charge in [-0.2, -0.15) is 8.78 Å². The van der Waals surface area contributed by atoms with Gasteiger partial charge in [-0.05, 0) is 31.0 Å².